The normalized spacial score (nSPS) is 12.1. The fourth-order valence-electron chi connectivity index (χ4n) is 2.12. The molecule has 120 valence electrons. The molecule has 0 atom stereocenters. The Bertz CT molecular complexity index is 621. The van der Waals surface area contributed by atoms with E-state index in [0.29, 0.717) is 5.56 Å². The molecule has 0 aliphatic carbocycles. The average molecular weight is 313 g/mol. The molecule has 0 radical (unpaired) electrons. The molecule has 0 unspecified atom stereocenters. The predicted octanol–water partition coefficient (Wildman–Crippen LogP) is 3.10. The van der Waals surface area contributed by atoms with E-state index in [1.54, 1.807) is 17.5 Å². The van der Waals surface area contributed by atoms with Crippen LogP contribution in [-0.4, -0.2) is 23.2 Å². The molecule has 1 heterocycles. The number of hydrogen-bond donors (Lipinski definition) is 1. The van der Waals surface area contributed by atoms with Crippen LogP contribution in [0.25, 0.3) is 6.08 Å². The molecule has 1 aromatic rings. The number of nitrogens with one attached hydrogen (secondary N) is 1. The highest BCUT2D eigenvalue weighted by molar-refractivity contribution is 6.01. The Hall–Kier alpha value is -2.23. The monoisotopic (exact) mass is 313 g/mol. The molecule has 0 aromatic carbocycles. The summed E-state index contributed by atoms with van der Waals surface area (Å²) in [5, 5.41) is 10.7. The molecule has 0 saturated carbocycles. The summed E-state index contributed by atoms with van der Waals surface area (Å²) in [6, 6.07) is 3.45. The van der Waals surface area contributed by atoms with Crippen LogP contribution in [0.4, 0.5) is 13.2 Å². The quantitative estimate of drug-likeness (QED) is 0.671. The van der Waals surface area contributed by atoms with Gasteiger partial charge in [-0.15, -0.1) is 0 Å². The first-order valence-corrected chi connectivity index (χ1v) is 6.83. The third-order valence-electron chi connectivity index (χ3n) is 3.17. The maximum atomic E-state index is 12.1. The molecule has 1 amide bonds. The summed E-state index contributed by atoms with van der Waals surface area (Å²) in [6.07, 6.45) is -2.26. The number of halogens is 3. The third kappa shape index (κ3) is 4.65. The lowest BCUT2D eigenvalue weighted by atomic mass is 10.1. The SMILES string of the molecule is CCCn1c(C)cc(/C=C(\C#N)C(=O)NCC(F)(F)F)c1C. The number of hydrogen-bond acceptors (Lipinski definition) is 2. The van der Waals surface area contributed by atoms with Gasteiger partial charge in [0.05, 0.1) is 0 Å². The van der Waals surface area contributed by atoms with E-state index >= 15 is 0 Å². The first-order valence-electron chi connectivity index (χ1n) is 6.83. The summed E-state index contributed by atoms with van der Waals surface area (Å²) < 4.78 is 38.3. The van der Waals surface area contributed by atoms with Crippen LogP contribution in [-0.2, 0) is 11.3 Å². The van der Waals surface area contributed by atoms with E-state index in [4.69, 9.17) is 5.26 Å². The number of amides is 1. The first kappa shape index (κ1) is 17.8. The maximum Gasteiger partial charge on any atom is 0.405 e. The van der Waals surface area contributed by atoms with Gasteiger partial charge in [0.25, 0.3) is 5.91 Å². The van der Waals surface area contributed by atoms with Crippen molar-refractivity contribution in [2.45, 2.75) is 39.9 Å². The largest absolute Gasteiger partial charge is 0.405 e. The summed E-state index contributed by atoms with van der Waals surface area (Å²) in [4.78, 5) is 11.6. The Morgan fingerprint density at radius 2 is 2.09 bits per heavy atom. The van der Waals surface area contributed by atoms with Crippen molar-refractivity contribution in [3.8, 4) is 6.07 Å². The van der Waals surface area contributed by atoms with Gasteiger partial charge in [0.2, 0.25) is 0 Å². The van der Waals surface area contributed by atoms with Crippen LogP contribution in [0.5, 0.6) is 0 Å². The molecule has 0 fully saturated rings. The van der Waals surface area contributed by atoms with Crippen molar-refractivity contribution < 1.29 is 18.0 Å². The molecule has 22 heavy (non-hydrogen) atoms. The second-order valence-corrected chi connectivity index (χ2v) is 4.95. The standard InChI is InChI=1S/C15H18F3N3O/c1-4-5-21-10(2)6-12(11(21)3)7-13(8-19)14(22)20-9-15(16,17)18/h6-7H,4-5,9H2,1-3H3,(H,20,22)/b13-7+. The number of carbonyl (C=O) groups excluding carboxylic acids is 1. The molecular formula is C15H18F3N3O. The molecule has 0 aliphatic heterocycles. The summed E-state index contributed by atoms with van der Waals surface area (Å²) in [5.74, 6) is -1.03. The topological polar surface area (TPSA) is 57.8 Å². The number of carbonyl (C=O) groups is 1. The smallest absolute Gasteiger partial charge is 0.349 e. The molecule has 0 saturated heterocycles. The molecule has 7 heteroatoms. The minimum Gasteiger partial charge on any atom is -0.349 e. The second kappa shape index (κ2) is 7.16. The summed E-state index contributed by atoms with van der Waals surface area (Å²) in [6.45, 7) is 5.11. The van der Waals surface area contributed by atoms with E-state index in [2.05, 4.69) is 0 Å². The highest BCUT2D eigenvalue weighted by Gasteiger charge is 2.28. The molecule has 1 aromatic heterocycles. The van der Waals surface area contributed by atoms with Gasteiger partial charge in [-0.05, 0) is 38.0 Å². The Morgan fingerprint density at radius 3 is 2.59 bits per heavy atom. The Kier molecular flexibility index (Phi) is 5.80. The minimum absolute atomic E-state index is 0.346. The zero-order valence-corrected chi connectivity index (χ0v) is 12.7. The number of aryl methyl sites for hydroxylation is 1. The van der Waals surface area contributed by atoms with Crippen LogP contribution in [0.1, 0.15) is 30.3 Å². The van der Waals surface area contributed by atoms with Gasteiger partial charge in [0, 0.05) is 17.9 Å². The molecule has 1 rings (SSSR count). The van der Waals surface area contributed by atoms with Crippen LogP contribution in [0.3, 0.4) is 0 Å². The molecular weight excluding hydrogens is 295 g/mol. The average Bonchev–Trinajstić information content (AvgIpc) is 2.69. The second-order valence-electron chi connectivity index (χ2n) is 4.95. The van der Waals surface area contributed by atoms with Crippen molar-refractivity contribution >= 4 is 12.0 Å². The Balaban J connectivity index is 3.01. The van der Waals surface area contributed by atoms with E-state index in [1.807, 2.05) is 25.3 Å². The van der Waals surface area contributed by atoms with Crippen molar-refractivity contribution in [2.75, 3.05) is 6.54 Å². The maximum absolute atomic E-state index is 12.1. The molecule has 0 aliphatic rings. The fraction of sp³-hybridized carbons (Fsp3) is 0.467. The number of alkyl halides is 3. The van der Waals surface area contributed by atoms with Gasteiger partial charge in [-0.2, -0.15) is 18.4 Å². The lowest BCUT2D eigenvalue weighted by Gasteiger charge is -2.08. The fourth-order valence-corrected chi connectivity index (χ4v) is 2.12. The van der Waals surface area contributed by atoms with Crippen LogP contribution in [0.2, 0.25) is 0 Å². The van der Waals surface area contributed by atoms with E-state index in [9.17, 15) is 18.0 Å². The molecule has 0 spiro atoms. The van der Waals surface area contributed by atoms with Gasteiger partial charge in [0.1, 0.15) is 18.2 Å². The van der Waals surface area contributed by atoms with E-state index in [-0.39, 0.29) is 5.57 Å². The van der Waals surface area contributed by atoms with Gasteiger partial charge in [-0.3, -0.25) is 4.79 Å². The highest BCUT2D eigenvalue weighted by atomic mass is 19.4. The van der Waals surface area contributed by atoms with Gasteiger partial charge in [0.15, 0.2) is 0 Å². The zero-order valence-electron chi connectivity index (χ0n) is 12.7. The van der Waals surface area contributed by atoms with Crippen LogP contribution in [0.15, 0.2) is 11.6 Å². The predicted molar refractivity (Wildman–Crippen MR) is 76.9 cm³/mol. The van der Waals surface area contributed by atoms with E-state index in [0.717, 1.165) is 24.4 Å². The lowest BCUT2D eigenvalue weighted by molar-refractivity contribution is -0.136. The molecule has 0 bridgehead atoms. The Morgan fingerprint density at radius 1 is 1.45 bits per heavy atom. The first-order chi connectivity index (χ1) is 10.2. The van der Waals surface area contributed by atoms with Crippen LogP contribution < -0.4 is 5.32 Å². The van der Waals surface area contributed by atoms with E-state index < -0.39 is 18.6 Å². The van der Waals surface area contributed by atoms with Crippen molar-refractivity contribution in [2.24, 2.45) is 0 Å². The van der Waals surface area contributed by atoms with Crippen molar-refractivity contribution in [1.29, 1.82) is 5.26 Å². The summed E-state index contributed by atoms with van der Waals surface area (Å²) in [7, 11) is 0. The van der Waals surface area contributed by atoms with Crippen LogP contribution in [0, 0.1) is 25.2 Å². The van der Waals surface area contributed by atoms with Crippen molar-refractivity contribution in [3.63, 3.8) is 0 Å². The van der Waals surface area contributed by atoms with Gasteiger partial charge in [-0.1, -0.05) is 6.92 Å². The van der Waals surface area contributed by atoms with Crippen molar-refractivity contribution in [1.82, 2.24) is 9.88 Å². The third-order valence-corrected chi connectivity index (χ3v) is 3.17. The Labute approximate surface area is 127 Å². The van der Waals surface area contributed by atoms with Crippen molar-refractivity contribution in [3.05, 3.63) is 28.6 Å². The van der Waals surface area contributed by atoms with Gasteiger partial charge >= 0.3 is 6.18 Å². The van der Waals surface area contributed by atoms with E-state index in [1.165, 1.54) is 6.08 Å². The minimum atomic E-state index is -4.51. The lowest BCUT2D eigenvalue weighted by Crippen LogP contribution is -2.34. The number of rotatable bonds is 5. The van der Waals surface area contributed by atoms with Gasteiger partial charge < -0.3 is 9.88 Å². The number of aromatic nitrogens is 1. The zero-order chi connectivity index (χ0) is 16.9. The van der Waals surface area contributed by atoms with Gasteiger partial charge in [-0.25, -0.2) is 0 Å². The highest BCUT2D eigenvalue weighted by Crippen LogP contribution is 2.19. The molecule has 4 nitrogen and oxygen atoms in total. The summed E-state index contributed by atoms with van der Waals surface area (Å²) in [5.41, 5.74) is 2.15. The van der Waals surface area contributed by atoms with Crippen LogP contribution >= 0.6 is 0 Å². The number of nitriles is 1. The summed E-state index contributed by atoms with van der Waals surface area (Å²) >= 11 is 0. The molecule has 1 N–H and O–H groups in total. The number of nitrogens with zero attached hydrogens (tertiary/aromatic N) is 2.